The van der Waals surface area contributed by atoms with Gasteiger partial charge in [-0.1, -0.05) is 23.4 Å². The molecule has 0 saturated heterocycles. The van der Waals surface area contributed by atoms with Gasteiger partial charge in [0.2, 0.25) is 0 Å². The standard InChI is InChI=1S/C13H13NO3S/c1-8(2)14-17-7-10-9-5-3-4-6-11(9)18-12(10)13(15)16/h3-6H,7H2,1-2H3,(H,15,16). The molecule has 0 spiro atoms. The van der Waals surface area contributed by atoms with Crippen LogP contribution in [0.1, 0.15) is 29.1 Å². The lowest BCUT2D eigenvalue weighted by atomic mass is 10.1. The summed E-state index contributed by atoms with van der Waals surface area (Å²) in [5.41, 5.74) is 1.49. The van der Waals surface area contributed by atoms with Crippen molar-refractivity contribution < 1.29 is 14.7 Å². The molecule has 18 heavy (non-hydrogen) atoms. The molecule has 0 unspecified atom stereocenters. The van der Waals surface area contributed by atoms with E-state index >= 15 is 0 Å². The summed E-state index contributed by atoms with van der Waals surface area (Å²) in [7, 11) is 0. The summed E-state index contributed by atoms with van der Waals surface area (Å²) in [6.45, 7) is 3.82. The van der Waals surface area contributed by atoms with Crippen molar-refractivity contribution in [2.24, 2.45) is 5.16 Å². The minimum absolute atomic E-state index is 0.177. The number of carboxylic acid groups (broad SMARTS) is 1. The Bertz CT molecular complexity index is 612. The number of thiophene rings is 1. The zero-order valence-corrected chi connectivity index (χ0v) is 11.0. The Labute approximate surface area is 108 Å². The van der Waals surface area contributed by atoms with E-state index in [1.165, 1.54) is 11.3 Å². The van der Waals surface area contributed by atoms with Gasteiger partial charge in [-0.3, -0.25) is 0 Å². The Hall–Kier alpha value is -1.88. The Kier molecular flexibility index (Phi) is 3.62. The predicted molar refractivity (Wildman–Crippen MR) is 72.4 cm³/mol. The molecule has 94 valence electrons. The first-order valence-electron chi connectivity index (χ1n) is 5.46. The molecule has 0 aliphatic rings. The molecule has 0 saturated carbocycles. The van der Waals surface area contributed by atoms with Crippen LogP contribution in [0.2, 0.25) is 0 Å². The molecule has 0 bridgehead atoms. The predicted octanol–water partition coefficient (Wildman–Crippen LogP) is 3.51. The Morgan fingerprint density at radius 3 is 2.78 bits per heavy atom. The SMILES string of the molecule is CC(C)=NOCc1c(C(=O)O)sc2ccccc12. The Balaban J connectivity index is 2.42. The largest absolute Gasteiger partial charge is 0.477 e. The van der Waals surface area contributed by atoms with E-state index in [1.807, 2.05) is 38.1 Å². The second-order valence-electron chi connectivity index (χ2n) is 4.02. The van der Waals surface area contributed by atoms with E-state index in [2.05, 4.69) is 5.16 Å². The fourth-order valence-corrected chi connectivity index (χ4v) is 2.69. The fraction of sp³-hybridized carbons (Fsp3) is 0.231. The zero-order chi connectivity index (χ0) is 13.1. The van der Waals surface area contributed by atoms with Crippen molar-refractivity contribution in [2.45, 2.75) is 20.5 Å². The number of carbonyl (C=O) groups is 1. The summed E-state index contributed by atoms with van der Waals surface area (Å²) >= 11 is 1.26. The summed E-state index contributed by atoms with van der Waals surface area (Å²) in [5, 5.41) is 13.9. The highest BCUT2D eigenvalue weighted by molar-refractivity contribution is 7.21. The molecule has 1 aromatic heterocycles. The van der Waals surface area contributed by atoms with Crippen molar-refractivity contribution in [1.82, 2.24) is 0 Å². The first-order valence-corrected chi connectivity index (χ1v) is 6.28. The smallest absolute Gasteiger partial charge is 0.346 e. The molecule has 0 amide bonds. The molecule has 1 N–H and O–H groups in total. The van der Waals surface area contributed by atoms with Crippen molar-refractivity contribution in [2.75, 3.05) is 0 Å². The van der Waals surface area contributed by atoms with E-state index < -0.39 is 5.97 Å². The maximum absolute atomic E-state index is 11.2. The van der Waals surface area contributed by atoms with E-state index in [9.17, 15) is 9.90 Å². The highest BCUT2D eigenvalue weighted by Crippen LogP contribution is 2.31. The van der Waals surface area contributed by atoms with Crippen LogP contribution >= 0.6 is 11.3 Å². The van der Waals surface area contributed by atoms with Crippen molar-refractivity contribution in [1.29, 1.82) is 0 Å². The lowest BCUT2D eigenvalue weighted by Gasteiger charge is -2.01. The molecule has 1 aromatic carbocycles. The van der Waals surface area contributed by atoms with Gasteiger partial charge in [-0.05, 0) is 19.9 Å². The van der Waals surface area contributed by atoms with Crippen LogP contribution in [0.25, 0.3) is 10.1 Å². The van der Waals surface area contributed by atoms with Gasteiger partial charge in [0, 0.05) is 15.6 Å². The van der Waals surface area contributed by atoms with E-state index in [-0.39, 0.29) is 6.61 Å². The number of rotatable bonds is 4. The van der Waals surface area contributed by atoms with E-state index in [4.69, 9.17) is 4.84 Å². The van der Waals surface area contributed by atoms with Crippen LogP contribution in [-0.2, 0) is 11.4 Å². The van der Waals surface area contributed by atoms with Crippen molar-refractivity contribution in [3.8, 4) is 0 Å². The summed E-state index contributed by atoms with van der Waals surface area (Å²) in [4.78, 5) is 16.7. The van der Waals surface area contributed by atoms with Gasteiger partial charge in [0.15, 0.2) is 0 Å². The molecule has 0 radical (unpaired) electrons. The fourth-order valence-electron chi connectivity index (χ4n) is 1.64. The quantitative estimate of drug-likeness (QED) is 0.678. The third-order valence-corrected chi connectivity index (χ3v) is 3.55. The molecule has 5 heteroatoms. The van der Waals surface area contributed by atoms with Crippen LogP contribution in [-0.4, -0.2) is 16.8 Å². The lowest BCUT2D eigenvalue weighted by molar-refractivity contribution is 0.0695. The van der Waals surface area contributed by atoms with Crippen LogP contribution in [0, 0.1) is 0 Å². The highest BCUT2D eigenvalue weighted by Gasteiger charge is 2.17. The molecular formula is C13H13NO3S. The van der Waals surface area contributed by atoms with Gasteiger partial charge in [0.25, 0.3) is 0 Å². The lowest BCUT2D eigenvalue weighted by Crippen LogP contribution is -1.99. The number of hydrogen-bond donors (Lipinski definition) is 1. The third kappa shape index (κ3) is 2.51. The molecule has 0 aliphatic heterocycles. The average molecular weight is 263 g/mol. The molecule has 1 heterocycles. The number of nitrogens with zero attached hydrogens (tertiary/aromatic N) is 1. The number of benzene rings is 1. The normalized spacial score (nSPS) is 10.3. The molecule has 0 aliphatic carbocycles. The summed E-state index contributed by atoms with van der Waals surface area (Å²) in [6, 6.07) is 7.59. The summed E-state index contributed by atoms with van der Waals surface area (Å²) < 4.78 is 0.950. The molecule has 2 rings (SSSR count). The van der Waals surface area contributed by atoms with Gasteiger partial charge >= 0.3 is 5.97 Å². The van der Waals surface area contributed by atoms with Gasteiger partial charge in [-0.15, -0.1) is 11.3 Å². The number of carboxylic acids is 1. The average Bonchev–Trinajstić information content (AvgIpc) is 2.68. The van der Waals surface area contributed by atoms with E-state index in [1.54, 1.807) is 0 Å². The van der Waals surface area contributed by atoms with Crippen LogP contribution in [0.15, 0.2) is 29.4 Å². The van der Waals surface area contributed by atoms with Gasteiger partial charge in [0.1, 0.15) is 11.5 Å². The first kappa shape index (κ1) is 12.6. The number of fused-ring (bicyclic) bond motifs is 1. The second-order valence-corrected chi connectivity index (χ2v) is 5.08. The van der Waals surface area contributed by atoms with Gasteiger partial charge < -0.3 is 9.94 Å². The molecule has 0 fully saturated rings. The maximum Gasteiger partial charge on any atom is 0.346 e. The van der Waals surface area contributed by atoms with Crippen LogP contribution in [0.5, 0.6) is 0 Å². The summed E-state index contributed by atoms with van der Waals surface area (Å²) in [5.74, 6) is -0.924. The topological polar surface area (TPSA) is 58.9 Å². The van der Waals surface area contributed by atoms with Gasteiger partial charge in [-0.2, -0.15) is 0 Å². The molecule has 2 aromatic rings. The van der Waals surface area contributed by atoms with Crippen molar-refractivity contribution in [3.05, 3.63) is 34.7 Å². The molecular weight excluding hydrogens is 250 g/mol. The van der Waals surface area contributed by atoms with Gasteiger partial charge in [0.05, 0.1) is 5.71 Å². The van der Waals surface area contributed by atoms with Crippen LogP contribution in [0.3, 0.4) is 0 Å². The minimum atomic E-state index is -0.924. The van der Waals surface area contributed by atoms with Gasteiger partial charge in [-0.25, -0.2) is 4.79 Å². The molecule has 4 nitrogen and oxygen atoms in total. The van der Waals surface area contributed by atoms with Crippen LogP contribution in [0.4, 0.5) is 0 Å². The van der Waals surface area contributed by atoms with Crippen molar-refractivity contribution >= 4 is 33.1 Å². The minimum Gasteiger partial charge on any atom is -0.477 e. The first-order chi connectivity index (χ1) is 8.59. The number of hydrogen-bond acceptors (Lipinski definition) is 4. The number of oxime groups is 1. The Morgan fingerprint density at radius 2 is 2.11 bits per heavy atom. The second kappa shape index (κ2) is 5.18. The highest BCUT2D eigenvalue weighted by atomic mass is 32.1. The van der Waals surface area contributed by atoms with E-state index in [0.717, 1.165) is 15.8 Å². The third-order valence-electron chi connectivity index (χ3n) is 2.35. The summed E-state index contributed by atoms with van der Waals surface area (Å²) in [6.07, 6.45) is 0. The van der Waals surface area contributed by atoms with Crippen LogP contribution < -0.4 is 0 Å². The van der Waals surface area contributed by atoms with Crippen molar-refractivity contribution in [3.63, 3.8) is 0 Å². The van der Waals surface area contributed by atoms with E-state index in [0.29, 0.717) is 10.4 Å². The maximum atomic E-state index is 11.2. The zero-order valence-electron chi connectivity index (χ0n) is 10.1. The number of aromatic carboxylic acids is 1. The Morgan fingerprint density at radius 1 is 1.39 bits per heavy atom. The molecule has 0 atom stereocenters. The monoisotopic (exact) mass is 263 g/mol.